The van der Waals surface area contributed by atoms with Crippen molar-refractivity contribution in [1.29, 1.82) is 0 Å². The van der Waals surface area contributed by atoms with Crippen LogP contribution in [0.4, 0.5) is 15.8 Å². The molecule has 2 aromatic carbocycles. The summed E-state index contributed by atoms with van der Waals surface area (Å²) in [5.41, 5.74) is 3.12. The Labute approximate surface area is 128 Å². The Bertz CT molecular complexity index is 673. The smallest absolute Gasteiger partial charge is 0.243 e. The molecule has 0 saturated heterocycles. The Morgan fingerprint density at radius 1 is 1.14 bits per heavy atom. The first-order valence-electron chi connectivity index (χ1n) is 6.52. The number of hydrogen-bond acceptors (Lipinski definition) is 2. The molecule has 0 heterocycles. The van der Waals surface area contributed by atoms with Crippen molar-refractivity contribution in [2.45, 2.75) is 13.8 Å². The highest BCUT2D eigenvalue weighted by molar-refractivity contribution is 6.30. The highest BCUT2D eigenvalue weighted by atomic mass is 35.5. The van der Waals surface area contributed by atoms with Gasteiger partial charge in [-0.05, 0) is 43.7 Å². The summed E-state index contributed by atoms with van der Waals surface area (Å²) in [6, 6.07) is 10.0. The Kier molecular flexibility index (Phi) is 4.81. The van der Waals surface area contributed by atoms with Gasteiger partial charge in [-0.15, -0.1) is 0 Å². The predicted octanol–water partition coefficient (Wildman–Crippen LogP) is 4.15. The molecule has 0 aliphatic heterocycles. The molecule has 0 fully saturated rings. The van der Waals surface area contributed by atoms with Gasteiger partial charge in [-0.3, -0.25) is 4.79 Å². The van der Waals surface area contributed by atoms with Crippen molar-refractivity contribution in [1.82, 2.24) is 0 Å². The van der Waals surface area contributed by atoms with Crippen LogP contribution >= 0.6 is 11.6 Å². The Morgan fingerprint density at radius 3 is 2.52 bits per heavy atom. The van der Waals surface area contributed by atoms with E-state index in [1.165, 1.54) is 12.1 Å². The zero-order valence-electron chi connectivity index (χ0n) is 11.8. The van der Waals surface area contributed by atoms with Crippen LogP contribution in [0.25, 0.3) is 0 Å². The minimum Gasteiger partial charge on any atom is -0.374 e. The summed E-state index contributed by atoms with van der Waals surface area (Å²) in [6.07, 6.45) is 0. The standard InChI is InChI=1S/C16H16ClFN2O/c1-10-3-5-14(11(2)7-10)20-16(21)9-19-15-6-4-12(17)8-13(15)18/h3-8,19H,9H2,1-2H3,(H,20,21). The van der Waals surface area contributed by atoms with E-state index in [-0.39, 0.29) is 18.1 Å². The van der Waals surface area contributed by atoms with E-state index >= 15 is 0 Å². The molecule has 0 aliphatic carbocycles. The third-order valence-corrected chi connectivity index (χ3v) is 3.26. The molecule has 3 nitrogen and oxygen atoms in total. The number of nitrogens with one attached hydrogen (secondary N) is 2. The molecule has 2 rings (SSSR count). The van der Waals surface area contributed by atoms with Gasteiger partial charge in [-0.1, -0.05) is 29.3 Å². The molecule has 110 valence electrons. The molecule has 0 aromatic heterocycles. The monoisotopic (exact) mass is 306 g/mol. The fourth-order valence-electron chi connectivity index (χ4n) is 1.96. The lowest BCUT2D eigenvalue weighted by Crippen LogP contribution is -2.22. The highest BCUT2D eigenvalue weighted by Gasteiger charge is 2.07. The molecule has 0 atom stereocenters. The second kappa shape index (κ2) is 6.59. The lowest BCUT2D eigenvalue weighted by Gasteiger charge is -2.11. The molecule has 2 N–H and O–H groups in total. The number of benzene rings is 2. The molecule has 0 radical (unpaired) electrons. The fraction of sp³-hybridized carbons (Fsp3) is 0.188. The molecule has 1 amide bonds. The Balaban J connectivity index is 1.96. The number of rotatable bonds is 4. The highest BCUT2D eigenvalue weighted by Crippen LogP contribution is 2.19. The summed E-state index contributed by atoms with van der Waals surface area (Å²) in [4.78, 5) is 11.9. The predicted molar refractivity (Wildman–Crippen MR) is 84.4 cm³/mol. The third-order valence-electron chi connectivity index (χ3n) is 3.03. The van der Waals surface area contributed by atoms with Gasteiger partial charge in [0, 0.05) is 10.7 Å². The zero-order chi connectivity index (χ0) is 15.4. The van der Waals surface area contributed by atoms with Crippen LogP contribution in [0.1, 0.15) is 11.1 Å². The minimum atomic E-state index is -0.484. The van der Waals surface area contributed by atoms with Gasteiger partial charge in [-0.25, -0.2) is 4.39 Å². The van der Waals surface area contributed by atoms with Crippen molar-refractivity contribution in [3.63, 3.8) is 0 Å². The van der Waals surface area contributed by atoms with E-state index < -0.39 is 5.82 Å². The van der Waals surface area contributed by atoms with Gasteiger partial charge in [0.2, 0.25) is 5.91 Å². The molecule has 0 spiro atoms. The summed E-state index contributed by atoms with van der Waals surface area (Å²) in [5.74, 6) is -0.724. The van der Waals surface area contributed by atoms with E-state index in [4.69, 9.17) is 11.6 Å². The molecular weight excluding hydrogens is 291 g/mol. The summed E-state index contributed by atoms with van der Waals surface area (Å²) >= 11 is 5.67. The molecule has 5 heteroatoms. The average Bonchev–Trinajstić information content (AvgIpc) is 2.41. The SMILES string of the molecule is Cc1ccc(NC(=O)CNc2ccc(Cl)cc2F)c(C)c1. The van der Waals surface area contributed by atoms with E-state index in [0.717, 1.165) is 16.8 Å². The number of amides is 1. The summed E-state index contributed by atoms with van der Waals surface area (Å²) < 4.78 is 13.6. The van der Waals surface area contributed by atoms with E-state index in [0.29, 0.717) is 5.02 Å². The summed E-state index contributed by atoms with van der Waals surface area (Å²) in [6.45, 7) is 3.89. The average molecular weight is 307 g/mol. The fourth-order valence-corrected chi connectivity index (χ4v) is 2.12. The van der Waals surface area contributed by atoms with Crippen LogP contribution in [-0.4, -0.2) is 12.5 Å². The van der Waals surface area contributed by atoms with Crippen molar-refractivity contribution in [3.8, 4) is 0 Å². The van der Waals surface area contributed by atoms with Crippen molar-refractivity contribution >= 4 is 28.9 Å². The largest absolute Gasteiger partial charge is 0.374 e. The number of carbonyl (C=O) groups excluding carboxylic acids is 1. The van der Waals surface area contributed by atoms with Crippen LogP contribution in [0, 0.1) is 19.7 Å². The van der Waals surface area contributed by atoms with Crippen molar-refractivity contribution < 1.29 is 9.18 Å². The quantitative estimate of drug-likeness (QED) is 0.891. The number of hydrogen-bond donors (Lipinski definition) is 2. The molecule has 0 unspecified atom stereocenters. The van der Waals surface area contributed by atoms with Crippen molar-refractivity contribution in [2.75, 3.05) is 17.2 Å². The lowest BCUT2D eigenvalue weighted by atomic mass is 10.1. The van der Waals surface area contributed by atoms with Crippen LogP contribution < -0.4 is 10.6 Å². The van der Waals surface area contributed by atoms with Gasteiger partial charge in [0.05, 0.1) is 12.2 Å². The second-order valence-electron chi connectivity index (χ2n) is 4.84. The molecule has 0 bridgehead atoms. The number of halogens is 2. The lowest BCUT2D eigenvalue weighted by molar-refractivity contribution is -0.114. The molecule has 2 aromatic rings. The molecule has 0 saturated carbocycles. The first kappa shape index (κ1) is 15.3. The number of carbonyl (C=O) groups is 1. The van der Waals surface area contributed by atoms with Crippen molar-refractivity contribution in [3.05, 3.63) is 58.4 Å². The van der Waals surface area contributed by atoms with Crippen LogP contribution in [0.15, 0.2) is 36.4 Å². The molecule has 21 heavy (non-hydrogen) atoms. The maximum absolute atomic E-state index is 13.6. The van der Waals surface area contributed by atoms with Gasteiger partial charge in [0.1, 0.15) is 5.82 Å². The second-order valence-corrected chi connectivity index (χ2v) is 5.28. The number of aryl methyl sites for hydroxylation is 2. The first-order valence-corrected chi connectivity index (χ1v) is 6.89. The van der Waals surface area contributed by atoms with Crippen LogP contribution in [0.3, 0.4) is 0 Å². The van der Waals surface area contributed by atoms with E-state index in [1.54, 1.807) is 6.07 Å². The van der Waals surface area contributed by atoms with E-state index in [2.05, 4.69) is 10.6 Å². The van der Waals surface area contributed by atoms with Gasteiger partial charge in [0.25, 0.3) is 0 Å². The van der Waals surface area contributed by atoms with Crippen LogP contribution in [-0.2, 0) is 4.79 Å². The maximum atomic E-state index is 13.6. The van der Waals surface area contributed by atoms with Crippen LogP contribution in [0.2, 0.25) is 5.02 Å². The van der Waals surface area contributed by atoms with Gasteiger partial charge >= 0.3 is 0 Å². The van der Waals surface area contributed by atoms with Gasteiger partial charge in [0.15, 0.2) is 0 Å². The Morgan fingerprint density at radius 2 is 1.86 bits per heavy atom. The Hall–Kier alpha value is -2.07. The van der Waals surface area contributed by atoms with Gasteiger partial charge < -0.3 is 10.6 Å². The summed E-state index contributed by atoms with van der Waals surface area (Å²) in [5, 5.41) is 5.85. The topological polar surface area (TPSA) is 41.1 Å². The maximum Gasteiger partial charge on any atom is 0.243 e. The van der Waals surface area contributed by atoms with E-state index in [1.807, 2.05) is 32.0 Å². The zero-order valence-corrected chi connectivity index (χ0v) is 12.6. The van der Waals surface area contributed by atoms with E-state index in [9.17, 15) is 9.18 Å². The summed E-state index contributed by atoms with van der Waals surface area (Å²) in [7, 11) is 0. The normalized spacial score (nSPS) is 10.3. The molecular formula is C16H16ClFN2O. The van der Waals surface area contributed by atoms with Crippen LogP contribution in [0.5, 0.6) is 0 Å². The minimum absolute atomic E-state index is 0.0220. The molecule has 0 aliphatic rings. The van der Waals surface area contributed by atoms with Crippen molar-refractivity contribution in [2.24, 2.45) is 0 Å². The third kappa shape index (κ3) is 4.20. The van der Waals surface area contributed by atoms with Gasteiger partial charge in [-0.2, -0.15) is 0 Å². The number of anilines is 2. The first-order chi connectivity index (χ1) is 9.95.